The zero-order chi connectivity index (χ0) is 17.6. The molecule has 0 saturated carbocycles. The first kappa shape index (κ1) is 17.6. The first-order valence-corrected chi connectivity index (χ1v) is 9.33. The Morgan fingerprint density at radius 2 is 2.00 bits per heavy atom. The van der Waals surface area contributed by atoms with E-state index < -0.39 is 0 Å². The van der Waals surface area contributed by atoms with Crippen molar-refractivity contribution in [2.24, 2.45) is 0 Å². The molecule has 2 aromatic rings. The van der Waals surface area contributed by atoms with Gasteiger partial charge in [-0.2, -0.15) is 0 Å². The fourth-order valence-electron chi connectivity index (χ4n) is 2.63. The smallest absolute Gasteiger partial charge is 0.263 e. The summed E-state index contributed by atoms with van der Waals surface area (Å²) < 4.78 is 0. The Kier molecular flexibility index (Phi) is 5.83. The van der Waals surface area contributed by atoms with E-state index in [2.05, 4.69) is 37.4 Å². The number of carbonyl (C=O) groups is 1. The Bertz CT molecular complexity index is 693. The summed E-state index contributed by atoms with van der Waals surface area (Å²) in [6.45, 7) is 7.37. The molecular formula is C17H24N6OS. The first-order valence-electron chi connectivity index (χ1n) is 8.52. The number of thiazole rings is 1. The largest absolute Gasteiger partial charge is 0.362 e. The molecule has 0 bridgehead atoms. The van der Waals surface area contributed by atoms with E-state index in [1.807, 2.05) is 25.3 Å². The Morgan fingerprint density at radius 3 is 2.68 bits per heavy atom. The van der Waals surface area contributed by atoms with Crippen molar-refractivity contribution >= 4 is 28.2 Å². The number of nitrogens with one attached hydrogen (secondary N) is 2. The average Bonchev–Trinajstić information content (AvgIpc) is 3.10. The van der Waals surface area contributed by atoms with Gasteiger partial charge in [0.1, 0.15) is 10.7 Å². The number of anilines is 2. The minimum atomic E-state index is -0.107. The van der Waals surface area contributed by atoms with Crippen molar-refractivity contribution in [3.8, 4) is 0 Å². The molecule has 0 spiro atoms. The van der Waals surface area contributed by atoms with Gasteiger partial charge in [-0.3, -0.25) is 4.79 Å². The molecule has 3 heterocycles. The third kappa shape index (κ3) is 4.67. The van der Waals surface area contributed by atoms with Crippen molar-refractivity contribution in [3.63, 3.8) is 0 Å². The van der Waals surface area contributed by atoms with Gasteiger partial charge in [0.2, 0.25) is 0 Å². The summed E-state index contributed by atoms with van der Waals surface area (Å²) in [5.74, 6) is 0.894. The summed E-state index contributed by atoms with van der Waals surface area (Å²) in [6, 6.07) is 4.06. The highest BCUT2D eigenvalue weighted by Crippen LogP contribution is 2.18. The van der Waals surface area contributed by atoms with E-state index in [1.165, 1.54) is 11.3 Å². The average molecular weight is 360 g/mol. The van der Waals surface area contributed by atoms with Gasteiger partial charge in [-0.1, -0.05) is 17.4 Å². The molecule has 2 aromatic heterocycles. The van der Waals surface area contributed by atoms with E-state index in [0.29, 0.717) is 11.4 Å². The number of amides is 1. The van der Waals surface area contributed by atoms with Crippen LogP contribution in [0.25, 0.3) is 0 Å². The molecule has 1 aliphatic heterocycles. The molecule has 134 valence electrons. The monoisotopic (exact) mass is 360 g/mol. The standard InChI is InChI=1S/C17H24N6OS/c1-3-18-17-21-12-14(25-17)16(24)20-11-13-4-5-15(19-10-13)23-8-6-22(2)7-9-23/h4-5,10,12H,3,6-9,11H2,1-2H3,(H,18,21)(H,20,24). The van der Waals surface area contributed by atoms with Crippen LogP contribution in [-0.2, 0) is 6.54 Å². The molecule has 1 aliphatic rings. The molecule has 0 unspecified atom stereocenters. The first-order chi connectivity index (χ1) is 12.2. The number of piperazine rings is 1. The van der Waals surface area contributed by atoms with Crippen LogP contribution in [0.4, 0.5) is 10.9 Å². The van der Waals surface area contributed by atoms with Crippen LogP contribution in [-0.4, -0.2) is 60.5 Å². The summed E-state index contributed by atoms with van der Waals surface area (Å²) in [5, 5.41) is 6.79. The van der Waals surface area contributed by atoms with Crippen LogP contribution in [0.2, 0.25) is 0 Å². The third-order valence-corrected chi connectivity index (χ3v) is 5.10. The normalized spacial score (nSPS) is 15.2. The highest BCUT2D eigenvalue weighted by atomic mass is 32.1. The lowest BCUT2D eigenvalue weighted by molar-refractivity contribution is 0.0954. The number of nitrogens with zero attached hydrogens (tertiary/aromatic N) is 4. The molecule has 0 radical (unpaired) electrons. The van der Waals surface area contributed by atoms with Gasteiger partial charge in [-0.15, -0.1) is 0 Å². The summed E-state index contributed by atoms with van der Waals surface area (Å²) in [6.07, 6.45) is 3.44. The molecule has 3 rings (SSSR count). The molecule has 25 heavy (non-hydrogen) atoms. The zero-order valence-corrected chi connectivity index (χ0v) is 15.5. The van der Waals surface area contributed by atoms with Crippen LogP contribution in [0.3, 0.4) is 0 Å². The third-order valence-electron chi connectivity index (χ3n) is 4.15. The lowest BCUT2D eigenvalue weighted by Gasteiger charge is -2.33. The van der Waals surface area contributed by atoms with Gasteiger partial charge < -0.3 is 20.4 Å². The SMILES string of the molecule is CCNc1ncc(C(=O)NCc2ccc(N3CCN(C)CC3)nc2)s1. The number of aromatic nitrogens is 2. The summed E-state index contributed by atoms with van der Waals surface area (Å²) in [7, 11) is 2.14. The lowest BCUT2D eigenvalue weighted by atomic mass is 10.2. The summed E-state index contributed by atoms with van der Waals surface area (Å²) in [4.78, 5) is 26.1. The van der Waals surface area contributed by atoms with Gasteiger partial charge in [0.15, 0.2) is 5.13 Å². The Labute approximate surface area is 152 Å². The number of hydrogen-bond acceptors (Lipinski definition) is 7. The second-order valence-electron chi connectivity index (χ2n) is 6.06. The Balaban J connectivity index is 1.52. The van der Waals surface area contributed by atoms with Gasteiger partial charge in [-0.05, 0) is 25.6 Å². The quantitative estimate of drug-likeness (QED) is 0.816. The molecule has 1 saturated heterocycles. The molecule has 0 aliphatic carbocycles. The van der Waals surface area contributed by atoms with Gasteiger partial charge >= 0.3 is 0 Å². The maximum absolute atomic E-state index is 12.2. The molecule has 1 amide bonds. The van der Waals surface area contributed by atoms with Crippen LogP contribution in [0.15, 0.2) is 24.5 Å². The Hall–Kier alpha value is -2.19. The number of hydrogen-bond donors (Lipinski definition) is 2. The number of likely N-dealkylation sites (N-methyl/N-ethyl adjacent to an activating group) is 1. The topological polar surface area (TPSA) is 73.4 Å². The molecule has 1 fully saturated rings. The van der Waals surface area contributed by atoms with E-state index in [0.717, 1.165) is 49.2 Å². The fraction of sp³-hybridized carbons (Fsp3) is 0.471. The van der Waals surface area contributed by atoms with Crippen molar-refractivity contribution in [1.29, 1.82) is 0 Å². The van der Waals surface area contributed by atoms with E-state index >= 15 is 0 Å². The Morgan fingerprint density at radius 1 is 1.20 bits per heavy atom. The number of carbonyl (C=O) groups excluding carboxylic acids is 1. The van der Waals surface area contributed by atoms with Crippen molar-refractivity contribution < 1.29 is 4.79 Å². The van der Waals surface area contributed by atoms with Gasteiger partial charge in [0.05, 0.1) is 6.20 Å². The van der Waals surface area contributed by atoms with Crippen LogP contribution in [0, 0.1) is 0 Å². The van der Waals surface area contributed by atoms with E-state index in [-0.39, 0.29) is 5.91 Å². The van der Waals surface area contributed by atoms with Crippen molar-refractivity contribution in [2.45, 2.75) is 13.5 Å². The molecular weight excluding hydrogens is 336 g/mol. The minimum absolute atomic E-state index is 0.107. The molecule has 0 atom stereocenters. The number of pyridine rings is 1. The summed E-state index contributed by atoms with van der Waals surface area (Å²) >= 11 is 1.36. The van der Waals surface area contributed by atoms with Crippen LogP contribution in [0.5, 0.6) is 0 Å². The van der Waals surface area contributed by atoms with Crippen molar-refractivity contribution in [2.75, 3.05) is 50.0 Å². The van der Waals surface area contributed by atoms with Gasteiger partial charge in [0.25, 0.3) is 5.91 Å². The predicted molar refractivity (Wildman–Crippen MR) is 101 cm³/mol. The molecule has 0 aromatic carbocycles. The fourth-order valence-corrected chi connectivity index (χ4v) is 3.43. The minimum Gasteiger partial charge on any atom is -0.362 e. The van der Waals surface area contributed by atoms with Crippen LogP contribution >= 0.6 is 11.3 Å². The molecule has 8 heteroatoms. The van der Waals surface area contributed by atoms with Crippen LogP contribution < -0.4 is 15.5 Å². The maximum atomic E-state index is 12.2. The predicted octanol–water partition coefficient (Wildman–Crippen LogP) is 1.65. The van der Waals surface area contributed by atoms with E-state index in [1.54, 1.807) is 6.20 Å². The van der Waals surface area contributed by atoms with E-state index in [4.69, 9.17) is 0 Å². The van der Waals surface area contributed by atoms with Gasteiger partial charge in [-0.25, -0.2) is 9.97 Å². The highest BCUT2D eigenvalue weighted by molar-refractivity contribution is 7.17. The second-order valence-corrected chi connectivity index (χ2v) is 7.09. The van der Waals surface area contributed by atoms with Gasteiger partial charge in [0, 0.05) is 45.5 Å². The van der Waals surface area contributed by atoms with Crippen LogP contribution in [0.1, 0.15) is 22.2 Å². The maximum Gasteiger partial charge on any atom is 0.263 e. The molecule has 2 N–H and O–H groups in total. The second kappa shape index (κ2) is 8.26. The van der Waals surface area contributed by atoms with Crippen molar-refractivity contribution in [3.05, 3.63) is 35.0 Å². The molecule has 7 nitrogen and oxygen atoms in total. The lowest BCUT2D eigenvalue weighted by Crippen LogP contribution is -2.44. The number of rotatable bonds is 6. The zero-order valence-electron chi connectivity index (χ0n) is 14.7. The highest BCUT2D eigenvalue weighted by Gasteiger charge is 2.15. The van der Waals surface area contributed by atoms with E-state index in [9.17, 15) is 4.79 Å². The van der Waals surface area contributed by atoms with Crippen molar-refractivity contribution in [1.82, 2.24) is 20.2 Å². The summed E-state index contributed by atoms with van der Waals surface area (Å²) in [5.41, 5.74) is 0.989.